The molecule has 1 aliphatic rings. The molecule has 1 amide bonds. The van der Waals surface area contributed by atoms with Crippen molar-refractivity contribution in [2.24, 2.45) is 0 Å². The van der Waals surface area contributed by atoms with Gasteiger partial charge in [-0.05, 0) is 43.9 Å². The van der Waals surface area contributed by atoms with Crippen molar-refractivity contribution < 1.29 is 19.4 Å². The van der Waals surface area contributed by atoms with E-state index in [2.05, 4.69) is 10.4 Å². The summed E-state index contributed by atoms with van der Waals surface area (Å²) in [4.78, 5) is 23.3. The molecular formula is C19H23N3O4. The lowest BCUT2D eigenvalue weighted by atomic mass is 10.1. The molecule has 0 unspecified atom stereocenters. The number of aliphatic carboxylic acids is 1. The number of carboxylic acids is 1. The van der Waals surface area contributed by atoms with E-state index in [1.807, 2.05) is 23.7 Å². The number of rotatable bonds is 6. The Hall–Kier alpha value is -2.67. The van der Waals surface area contributed by atoms with Crippen LogP contribution in [0.1, 0.15) is 46.9 Å². The van der Waals surface area contributed by atoms with Gasteiger partial charge in [-0.3, -0.25) is 14.3 Å². The van der Waals surface area contributed by atoms with Crippen molar-refractivity contribution in [2.75, 3.05) is 18.5 Å². The van der Waals surface area contributed by atoms with Gasteiger partial charge in [-0.15, -0.1) is 0 Å². The number of hydrogen-bond acceptors (Lipinski definition) is 4. The lowest BCUT2D eigenvalue weighted by molar-refractivity contribution is -0.136. The van der Waals surface area contributed by atoms with Gasteiger partial charge in [0.25, 0.3) is 5.91 Å². The number of ether oxygens (including phenoxy) is 1. The summed E-state index contributed by atoms with van der Waals surface area (Å²) in [6, 6.07) is 7.53. The van der Waals surface area contributed by atoms with Crippen molar-refractivity contribution in [3.05, 3.63) is 47.3 Å². The Kier molecular flexibility index (Phi) is 5.68. The van der Waals surface area contributed by atoms with Crippen LogP contribution in [0.5, 0.6) is 0 Å². The highest BCUT2D eigenvalue weighted by Gasteiger charge is 2.21. The number of hydrogen-bond donors (Lipinski definition) is 2. The number of nitrogens with one attached hydrogen (secondary N) is 1. The second-order valence-corrected chi connectivity index (χ2v) is 6.48. The Balaban J connectivity index is 1.69. The molecule has 0 bridgehead atoms. The number of anilines is 1. The molecule has 1 saturated heterocycles. The third-order valence-corrected chi connectivity index (χ3v) is 4.64. The fourth-order valence-corrected chi connectivity index (χ4v) is 3.20. The predicted octanol–water partition coefficient (Wildman–Crippen LogP) is 2.81. The smallest absolute Gasteiger partial charge is 0.303 e. The molecule has 2 N–H and O–H groups in total. The predicted molar refractivity (Wildman–Crippen MR) is 96.4 cm³/mol. The summed E-state index contributed by atoms with van der Waals surface area (Å²) >= 11 is 0. The zero-order chi connectivity index (χ0) is 18.5. The molecule has 0 aliphatic carbocycles. The van der Waals surface area contributed by atoms with Crippen molar-refractivity contribution in [1.82, 2.24) is 9.78 Å². The minimum Gasteiger partial charge on any atom is -0.481 e. The second kappa shape index (κ2) is 8.14. The van der Waals surface area contributed by atoms with Gasteiger partial charge in [-0.2, -0.15) is 5.10 Å². The molecule has 0 spiro atoms. The van der Waals surface area contributed by atoms with Crippen LogP contribution in [-0.4, -0.2) is 40.0 Å². The molecule has 1 aromatic carbocycles. The van der Waals surface area contributed by atoms with Gasteiger partial charge >= 0.3 is 5.97 Å². The lowest BCUT2D eigenvalue weighted by Gasteiger charge is -2.23. The monoisotopic (exact) mass is 357 g/mol. The number of amides is 1. The molecule has 26 heavy (non-hydrogen) atoms. The van der Waals surface area contributed by atoms with Gasteiger partial charge in [0.1, 0.15) is 0 Å². The van der Waals surface area contributed by atoms with Crippen molar-refractivity contribution in [2.45, 2.75) is 38.6 Å². The van der Waals surface area contributed by atoms with Gasteiger partial charge in [0.2, 0.25) is 0 Å². The standard InChI is InChI=1S/C19H23N3O4/c1-13-17(12-20-22(13)16-7-9-26-10-8-16)19(25)21-15-4-2-3-14(11-15)5-6-18(23)24/h2-4,11-12,16H,5-10H2,1H3,(H,21,25)(H,23,24). The Morgan fingerprint density at radius 1 is 1.35 bits per heavy atom. The first-order valence-corrected chi connectivity index (χ1v) is 8.78. The maximum atomic E-state index is 12.6. The summed E-state index contributed by atoms with van der Waals surface area (Å²) in [6.07, 6.45) is 3.90. The van der Waals surface area contributed by atoms with Crippen LogP contribution < -0.4 is 5.32 Å². The number of carboxylic acid groups (broad SMARTS) is 1. The summed E-state index contributed by atoms with van der Waals surface area (Å²) in [5, 5.41) is 16.1. The average Bonchev–Trinajstić information content (AvgIpc) is 3.02. The van der Waals surface area contributed by atoms with Gasteiger partial charge in [0, 0.05) is 31.0 Å². The van der Waals surface area contributed by atoms with Crippen LogP contribution >= 0.6 is 0 Å². The van der Waals surface area contributed by atoms with E-state index in [9.17, 15) is 9.59 Å². The highest BCUT2D eigenvalue weighted by molar-refractivity contribution is 6.04. The van der Waals surface area contributed by atoms with Crippen LogP contribution in [0.15, 0.2) is 30.5 Å². The van der Waals surface area contributed by atoms with E-state index in [0.29, 0.717) is 30.9 Å². The fraction of sp³-hybridized carbons (Fsp3) is 0.421. The molecule has 0 radical (unpaired) electrons. The minimum absolute atomic E-state index is 0.0639. The lowest BCUT2D eigenvalue weighted by Crippen LogP contribution is -2.22. The zero-order valence-electron chi connectivity index (χ0n) is 14.8. The SMILES string of the molecule is Cc1c(C(=O)Nc2cccc(CCC(=O)O)c2)cnn1C1CCOCC1. The van der Waals surface area contributed by atoms with Crippen molar-refractivity contribution in [3.63, 3.8) is 0 Å². The molecule has 2 aromatic rings. The molecule has 7 nitrogen and oxygen atoms in total. The van der Waals surface area contributed by atoms with Gasteiger partial charge in [0.05, 0.1) is 17.8 Å². The first-order valence-electron chi connectivity index (χ1n) is 8.78. The molecule has 1 aromatic heterocycles. The van der Waals surface area contributed by atoms with E-state index < -0.39 is 5.97 Å². The van der Waals surface area contributed by atoms with Crippen LogP contribution in [0.25, 0.3) is 0 Å². The van der Waals surface area contributed by atoms with Crippen molar-refractivity contribution in [1.29, 1.82) is 0 Å². The fourth-order valence-electron chi connectivity index (χ4n) is 3.20. The van der Waals surface area contributed by atoms with E-state index in [4.69, 9.17) is 9.84 Å². The number of carbonyl (C=O) groups excluding carboxylic acids is 1. The van der Waals surface area contributed by atoms with Crippen LogP contribution in [0.2, 0.25) is 0 Å². The molecule has 0 saturated carbocycles. The molecule has 138 valence electrons. The van der Waals surface area contributed by atoms with Gasteiger partial charge in [-0.25, -0.2) is 0 Å². The first kappa shape index (κ1) is 18.1. The molecule has 3 rings (SSSR count). The summed E-state index contributed by atoms with van der Waals surface area (Å²) in [5.74, 6) is -1.05. The maximum absolute atomic E-state index is 12.6. The normalized spacial score (nSPS) is 15.0. The van der Waals surface area contributed by atoms with Gasteiger partial charge < -0.3 is 15.2 Å². The molecule has 1 fully saturated rings. The number of benzene rings is 1. The number of carbonyl (C=O) groups is 2. The van der Waals surface area contributed by atoms with Crippen LogP contribution in [-0.2, 0) is 16.0 Å². The minimum atomic E-state index is -0.837. The topological polar surface area (TPSA) is 93.5 Å². The Morgan fingerprint density at radius 3 is 2.85 bits per heavy atom. The van der Waals surface area contributed by atoms with Crippen molar-refractivity contribution >= 4 is 17.6 Å². The highest BCUT2D eigenvalue weighted by atomic mass is 16.5. The van der Waals surface area contributed by atoms with Crippen LogP contribution in [0.3, 0.4) is 0 Å². The van der Waals surface area contributed by atoms with E-state index in [-0.39, 0.29) is 18.4 Å². The molecular weight excluding hydrogens is 334 g/mol. The summed E-state index contributed by atoms with van der Waals surface area (Å²) in [6.45, 7) is 3.34. The molecule has 2 heterocycles. The summed E-state index contributed by atoms with van der Waals surface area (Å²) < 4.78 is 7.30. The van der Waals surface area contributed by atoms with E-state index in [1.165, 1.54) is 0 Å². The number of aryl methyl sites for hydroxylation is 1. The summed E-state index contributed by atoms with van der Waals surface area (Å²) in [5.41, 5.74) is 2.92. The van der Waals surface area contributed by atoms with Gasteiger partial charge in [-0.1, -0.05) is 12.1 Å². The Bertz CT molecular complexity index is 794. The third kappa shape index (κ3) is 4.29. The third-order valence-electron chi connectivity index (χ3n) is 4.64. The quantitative estimate of drug-likeness (QED) is 0.829. The number of nitrogens with zero attached hydrogens (tertiary/aromatic N) is 2. The Labute approximate surface area is 152 Å². The van der Waals surface area contributed by atoms with E-state index >= 15 is 0 Å². The second-order valence-electron chi connectivity index (χ2n) is 6.48. The average molecular weight is 357 g/mol. The Morgan fingerprint density at radius 2 is 2.12 bits per heavy atom. The molecule has 7 heteroatoms. The largest absolute Gasteiger partial charge is 0.481 e. The molecule has 0 atom stereocenters. The number of aromatic nitrogens is 2. The summed E-state index contributed by atoms with van der Waals surface area (Å²) in [7, 11) is 0. The molecule has 1 aliphatic heterocycles. The first-order chi connectivity index (χ1) is 12.5. The van der Waals surface area contributed by atoms with Crippen LogP contribution in [0, 0.1) is 6.92 Å². The zero-order valence-corrected chi connectivity index (χ0v) is 14.8. The van der Waals surface area contributed by atoms with Gasteiger partial charge in [0.15, 0.2) is 0 Å². The van der Waals surface area contributed by atoms with Crippen LogP contribution in [0.4, 0.5) is 5.69 Å². The van der Waals surface area contributed by atoms with E-state index in [1.54, 1.807) is 18.3 Å². The maximum Gasteiger partial charge on any atom is 0.303 e. The van der Waals surface area contributed by atoms with E-state index in [0.717, 1.165) is 24.1 Å². The highest BCUT2D eigenvalue weighted by Crippen LogP contribution is 2.23. The van der Waals surface area contributed by atoms with Crippen molar-refractivity contribution in [3.8, 4) is 0 Å².